The van der Waals surface area contributed by atoms with Crippen LogP contribution in [0, 0.1) is 5.92 Å². The molecule has 0 saturated heterocycles. The third-order valence-electron chi connectivity index (χ3n) is 4.32. The molecule has 3 heteroatoms. The molecule has 0 radical (unpaired) electrons. The molecule has 1 aromatic carbocycles. The molecular weight excluding hydrogens is 246 g/mol. The van der Waals surface area contributed by atoms with Crippen molar-refractivity contribution in [2.75, 3.05) is 11.1 Å². The fourth-order valence-corrected chi connectivity index (χ4v) is 3.07. The molecule has 3 N–H and O–H groups in total. The predicted molar refractivity (Wildman–Crippen MR) is 85.8 cm³/mol. The van der Waals surface area contributed by atoms with Crippen LogP contribution < -0.4 is 11.1 Å². The van der Waals surface area contributed by atoms with E-state index in [2.05, 4.69) is 24.4 Å². The molecule has 1 aliphatic carbocycles. The van der Waals surface area contributed by atoms with Crippen LogP contribution >= 0.6 is 0 Å². The molecule has 2 aromatic rings. The first-order valence-electron chi connectivity index (χ1n) is 7.63. The van der Waals surface area contributed by atoms with Crippen LogP contribution in [-0.4, -0.2) is 11.0 Å². The van der Waals surface area contributed by atoms with Gasteiger partial charge < -0.3 is 11.1 Å². The summed E-state index contributed by atoms with van der Waals surface area (Å²) in [4.78, 5) is 4.69. The fourth-order valence-electron chi connectivity index (χ4n) is 3.07. The molecule has 1 saturated carbocycles. The molecule has 3 nitrogen and oxygen atoms in total. The van der Waals surface area contributed by atoms with E-state index in [4.69, 9.17) is 10.7 Å². The van der Waals surface area contributed by atoms with Gasteiger partial charge >= 0.3 is 0 Å². The minimum atomic E-state index is 0.568. The smallest absolute Gasteiger partial charge is 0.126 e. The third-order valence-corrected chi connectivity index (χ3v) is 4.32. The van der Waals surface area contributed by atoms with Crippen LogP contribution in [0.3, 0.4) is 0 Å². The van der Waals surface area contributed by atoms with Gasteiger partial charge in [0.25, 0.3) is 0 Å². The minimum absolute atomic E-state index is 0.568. The average Bonchev–Trinajstić information content (AvgIpc) is 2.64. The molecule has 1 aromatic heterocycles. The topological polar surface area (TPSA) is 50.9 Å². The number of rotatable bonds is 2. The van der Waals surface area contributed by atoms with Gasteiger partial charge in [0.05, 0.1) is 5.52 Å². The van der Waals surface area contributed by atoms with Crippen LogP contribution in [0.1, 0.15) is 39.0 Å². The number of anilines is 2. The number of hydrogen-bond donors (Lipinski definition) is 2. The molecule has 2 atom stereocenters. The lowest BCUT2D eigenvalue weighted by atomic mass is 10.0. The Kier molecular flexibility index (Phi) is 3.77. The van der Waals surface area contributed by atoms with E-state index in [9.17, 15) is 0 Å². The Morgan fingerprint density at radius 2 is 2.00 bits per heavy atom. The summed E-state index contributed by atoms with van der Waals surface area (Å²) in [5, 5.41) is 4.71. The maximum absolute atomic E-state index is 5.80. The van der Waals surface area contributed by atoms with Gasteiger partial charge in [-0.25, -0.2) is 4.98 Å². The van der Waals surface area contributed by atoms with E-state index in [-0.39, 0.29) is 0 Å². The molecule has 3 rings (SSSR count). The summed E-state index contributed by atoms with van der Waals surface area (Å²) in [6.07, 6.45) is 6.52. The van der Waals surface area contributed by atoms with Gasteiger partial charge in [0.2, 0.25) is 0 Å². The number of nitrogens with zero attached hydrogens (tertiary/aromatic N) is 1. The Morgan fingerprint density at radius 3 is 2.90 bits per heavy atom. The summed E-state index contributed by atoms with van der Waals surface area (Å²) in [6, 6.07) is 10.6. The van der Waals surface area contributed by atoms with Crippen LogP contribution in [0.25, 0.3) is 10.9 Å². The molecule has 2 unspecified atom stereocenters. The second kappa shape index (κ2) is 5.70. The summed E-state index contributed by atoms with van der Waals surface area (Å²) < 4.78 is 0. The number of benzene rings is 1. The van der Waals surface area contributed by atoms with E-state index in [1.807, 2.05) is 18.2 Å². The number of fused-ring (bicyclic) bond motifs is 1. The van der Waals surface area contributed by atoms with Crippen LogP contribution in [-0.2, 0) is 0 Å². The molecule has 1 fully saturated rings. The van der Waals surface area contributed by atoms with Crippen LogP contribution in [0.4, 0.5) is 11.5 Å². The molecule has 0 aliphatic heterocycles. The zero-order valence-electron chi connectivity index (χ0n) is 12.1. The lowest BCUT2D eigenvalue weighted by Gasteiger charge is -2.17. The second-order valence-electron chi connectivity index (χ2n) is 6.10. The zero-order valence-corrected chi connectivity index (χ0v) is 12.1. The van der Waals surface area contributed by atoms with Crippen molar-refractivity contribution in [2.24, 2.45) is 5.92 Å². The number of hydrogen-bond acceptors (Lipinski definition) is 3. The van der Waals surface area contributed by atoms with E-state index in [0.717, 1.165) is 28.3 Å². The second-order valence-corrected chi connectivity index (χ2v) is 6.10. The lowest BCUT2D eigenvalue weighted by Crippen LogP contribution is -2.19. The molecule has 20 heavy (non-hydrogen) atoms. The SMILES string of the molecule is CC1CCCC(Nc2ccc3cc(N)ccc3n2)CC1. The Balaban J connectivity index is 1.75. The van der Waals surface area contributed by atoms with Crippen LogP contribution in [0.2, 0.25) is 0 Å². The highest BCUT2D eigenvalue weighted by molar-refractivity contribution is 5.83. The standard InChI is InChI=1S/C17H23N3/c1-12-3-2-4-15(8-5-12)19-17-10-6-13-11-14(18)7-9-16(13)20-17/h6-7,9-12,15H,2-5,8,18H2,1H3,(H,19,20). The van der Waals surface area contributed by atoms with Crippen molar-refractivity contribution in [3.05, 3.63) is 30.3 Å². The van der Waals surface area contributed by atoms with Gasteiger partial charge in [0, 0.05) is 17.1 Å². The molecule has 1 aliphatic rings. The van der Waals surface area contributed by atoms with Crippen LogP contribution in [0.15, 0.2) is 30.3 Å². The minimum Gasteiger partial charge on any atom is -0.399 e. The molecule has 106 valence electrons. The Hall–Kier alpha value is -1.77. The van der Waals surface area contributed by atoms with Gasteiger partial charge in [-0.05, 0) is 55.5 Å². The number of nitrogens with one attached hydrogen (secondary N) is 1. The van der Waals surface area contributed by atoms with E-state index < -0.39 is 0 Å². The monoisotopic (exact) mass is 269 g/mol. The van der Waals surface area contributed by atoms with Crippen molar-refractivity contribution in [1.82, 2.24) is 4.98 Å². The number of aromatic nitrogens is 1. The third kappa shape index (κ3) is 3.03. The van der Waals surface area contributed by atoms with Crippen molar-refractivity contribution >= 4 is 22.4 Å². The van der Waals surface area contributed by atoms with Crippen molar-refractivity contribution in [3.63, 3.8) is 0 Å². The average molecular weight is 269 g/mol. The first kappa shape index (κ1) is 13.2. The summed E-state index contributed by atoms with van der Waals surface area (Å²) in [5.74, 6) is 1.86. The van der Waals surface area contributed by atoms with E-state index in [1.165, 1.54) is 32.1 Å². The summed E-state index contributed by atoms with van der Waals surface area (Å²) in [5.41, 5.74) is 7.59. The summed E-state index contributed by atoms with van der Waals surface area (Å²) in [7, 11) is 0. The number of nitrogen functional groups attached to an aromatic ring is 1. The lowest BCUT2D eigenvalue weighted by molar-refractivity contribution is 0.502. The maximum atomic E-state index is 5.80. The zero-order chi connectivity index (χ0) is 13.9. The van der Waals surface area contributed by atoms with Gasteiger partial charge in [0.1, 0.15) is 5.82 Å². The van der Waals surface area contributed by atoms with Crippen LogP contribution in [0.5, 0.6) is 0 Å². The Bertz CT molecular complexity index is 594. The molecule has 0 bridgehead atoms. The van der Waals surface area contributed by atoms with Crippen molar-refractivity contribution in [1.29, 1.82) is 0 Å². The first-order valence-corrected chi connectivity index (χ1v) is 7.63. The summed E-state index contributed by atoms with van der Waals surface area (Å²) >= 11 is 0. The highest BCUT2D eigenvalue weighted by Gasteiger charge is 2.16. The van der Waals surface area contributed by atoms with Gasteiger partial charge in [-0.2, -0.15) is 0 Å². The van der Waals surface area contributed by atoms with Crippen molar-refractivity contribution < 1.29 is 0 Å². The van der Waals surface area contributed by atoms with Gasteiger partial charge in [0.15, 0.2) is 0 Å². The largest absolute Gasteiger partial charge is 0.399 e. The van der Waals surface area contributed by atoms with Gasteiger partial charge in [-0.15, -0.1) is 0 Å². The predicted octanol–water partition coefficient (Wildman–Crippen LogP) is 4.20. The molecule has 0 amide bonds. The normalized spacial score (nSPS) is 23.4. The van der Waals surface area contributed by atoms with Crippen molar-refractivity contribution in [2.45, 2.75) is 45.1 Å². The van der Waals surface area contributed by atoms with Crippen molar-refractivity contribution in [3.8, 4) is 0 Å². The number of pyridine rings is 1. The number of nitrogens with two attached hydrogens (primary N) is 1. The maximum Gasteiger partial charge on any atom is 0.126 e. The summed E-state index contributed by atoms with van der Waals surface area (Å²) in [6.45, 7) is 2.36. The first-order chi connectivity index (χ1) is 9.70. The molecule has 0 spiro atoms. The molecule has 1 heterocycles. The van der Waals surface area contributed by atoms with E-state index in [0.29, 0.717) is 6.04 Å². The highest BCUT2D eigenvalue weighted by Crippen LogP contribution is 2.25. The highest BCUT2D eigenvalue weighted by atomic mass is 15.0. The quantitative estimate of drug-likeness (QED) is 0.634. The molecular formula is C17H23N3. The Labute approximate surface area is 120 Å². The van der Waals surface area contributed by atoms with E-state index in [1.54, 1.807) is 0 Å². The Morgan fingerprint density at radius 1 is 1.10 bits per heavy atom. The fraction of sp³-hybridized carbons (Fsp3) is 0.471. The van der Waals surface area contributed by atoms with Gasteiger partial charge in [-0.1, -0.05) is 19.8 Å². The van der Waals surface area contributed by atoms with Gasteiger partial charge in [-0.3, -0.25) is 0 Å². The van der Waals surface area contributed by atoms with E-state index >= 15 is 0 Å².